The molecule has 0 fully saturated rings. The van der Waals surface area contributed by atoms with Crippen molar-refractivity contribution in [1.82, 2.24) is 10.6 Å². The Bertz CT molecular complexity index is 1240. The molecule has 224 valence electrons. The van der Waals surface area contributed by atoms with Gasteiger partial charge >= 0.3 is 11.9 Å². The number of rotatable bonds is 18. The zero-order valence-electron chi connectivity index (χ0n) is 24.9. The molecule has 0 saturated carbocycles. The molecule has 0 aliphatic carbocycles. The number of amides is 2. The average molecular weight is 571 g/mol. The summed E-state index contributed by atoms with van der Waals surface area (Å²) in [6.45, 7) is 2.93. The van der Waals surface area contributed by atoms with Crippen LogP contribution in [0.25, 0.3) is 0 Å². The number of carbonyl (C=O) groups is 3. The third-order valence-electron chi connectivity index (χ3n) is 7.72. The smallest absolute Gasteiger partial charge is 0.394 e. The van der Waals surface area contributed by atoms with E-state index in [1.54, 1.807) is 6.07 Å². The van der Waals surface area contributed by atoms with Crippen LogP contribution in [0.15, 0.2) is 78.9 Å². The molecular formula is C36H46N2O4. The van der Waals surface area contributed by atoms with Crippen LogP contribution in [0.3, 0.4) is 0 Å². The number of carboxylic acids is 1. The van der Waals surface area contributed by atoms with Crippen molar-refractivity contribution in [1.29, 1.82) is 0 Å². The first-order chi connectivity index (χ1) is 20.5. The lowest BCUT2D eigenvalue weighted by Gasteiger charge is -2.23. The normalized spacial score (nSPS) is 11.5. The Morgan fingerprint density at radius 1 is 0.714 bits per heavy atom. The second-order valence-electron chi connectivity index (χ2n) is 11.0. The molecule has 2 amide bonds. The van der Waals surface area contributed by atoms with Crippen molar-refractivity contribution < 1.29 is 19.5 Å². The Morgan fingerprint density at radius 3 is 1.93 bits per heavy atom. The van der Waals surface area contributed by atoms with E-state index in [9.17, 15) is 14.4 Å². The summed E-state index contributed by atoms with van der Waals surface area (Å²) in [7, 11) is 0. The van der Waals surface area contributed by atoms with Crippen LogP contribution < -0.4 is 10.6 Å². The fourth-order valence-electron chi connectivity index (χ4n) is 5.33. The molecule has 1 atom stereocenters. The van der Waals surface area contributed by atoms with Crippen molar-refractivity contribution in [2.75, 3.05) is 6.54 Å². The Balaban J connectivity index is 1.70. The van der Waals surface area contributed by atoms with Gasteiger partial charge in [0.15, 0.2) is 0 Å². The van der Waals surface area contributed by atoms with Gasteiger partial charge in [0.25, 0.3) is 5.91 Å². The van der Waals surface area contributed by atoms with Crippen molar-refractivity contribution in [3.63, 3.8) is 0 Å². The summed E-state index contributed by atoms with van der Waals surface area (Å²) in [6, 6.07) is 25.7. The molecule has 0 heterocycles. The molecule has 42 heavy (non-hydrogen) atoms. The van der Waals surface area contributed by atoms with Crippen molar-refractivity contribution >= 4 is 17.8 Å². The fraction of sp³-hybridized carbons (Fsp3) is 0.417. The van der Waals surface area contributed by atoms with Crippen molar-refractivity contribution in [2.24, 2.45) is 0 Å². The molecule has 0 aromatic heterocycles. The molecule has 6 heteroatoms. The molecule has 3 aromatic rings. The SMILES string of the molecule is CCCCCCCCCCCCNC(=O)c1ccc(CNC(=O)C(=O)O)c(C(Cc2ccccc2)c2ccccc2)c1. The number of carboxylic acid groups (broad SMARTS) is 1. The highest BCUT2D eigenvalue weighted by Crippen LogP contribution is 2.32. The summed E-state index contributed by atoms with van der Waals surface area (Å²) in [5.74, 6) is -2.80. The predicted molar refractivity (Wildman–Crippen MR) is 169 cm³/mol. The molecule has 0 spiro atoms. The molecule has 3 N–H and O–H groups in total. The van der Waals surface area contributed by atoms with Crippen LogP contribution in [0.1, 0.15) is 110 Å². The van der Waals surface area contributed by atoms with Crippen LogP contribution in [0.4, 0.5) is 0 Å². The zero-order chi connectivity index (χ0) is 30.0. The number of unbranched alkanes of at least 4 members (excludes halogenated alkanes) is 9. The predicted octanol–water partition coefficient (Wildman–Crippen LogP) is 7.41. The molecule has 3 rings (SSSR count). The average Bonchev–Trinajstić information content (AvgIpc) is 3.02. The molecule has 0 aliphatic heterocycles. The number of aliphatic carboxylic acids is 1. The van der Waals surface area contributed by atoms with Crippen LogP contribution in [0, 0.1) is 0 Å². The van der Waals surface area contributed by atoms with Crippen LogP contribution in [-0.4, -0.2) is 29.4 Å². The largest absolute Gasteiger partial charge is 0.474 e. The van der Waals surface area contributed by atoms with E-state index in [1.165, 1.54) is 51.4 Å². The summed E-state index contributed by atoms with van der Waals surface area (Å²) >= 11 is 0. The number of hydrogen-bond acceptors (Lipinski definition) is 3. The highest BCUT2D eigenvalue weighted by Gasteiger charge is 2.21. The van der Waals surface area contributed by atoms with E-state index in [2.05, 4.69) is 41.8 Å². The van der Waals surface area contributed by atoms with E-state index in [0.29, 0.717) is 18.5 Å². The van der Waals surface area contributed by atoms with Crippen molar-refractivity contribution in [3.8, 4) is 0 Å². The topological polar surface area (TPSA) is 95.5 Å². The summed E-state index contributed by atoms with van der Waals surface area (Å²) in [4.78, 5) is 36.2. The minimum absolute atomic E-state index is 0.0547. The molecular weight excluding hydrogens is 524 g/mol. The van der Waals surface area contributed by atoms with Gasteiger partial charge in [-0.25, -0.2) is 4.79 Å². The molecule has 0 radical (unpaired) electrons. The van der Waals surface area contributed by atoms with Crippen LogP contribution in [0.5, 0.6) is 0 Å². The van der Waals surface area contributed by atoms with E-state index in [4.69, 9.17) is 5.11 Å². The van der Waals surface area contributed by atoms with Crippen LogP contribution in [0.2, 0.25) is 0 Å². The number of hydrogen-bond donors (Lipinski definition) is 3. The maximum absolute atomic E-state index is 13.2. The van der Waals surface area contributed by atoms with E-state index < -0.39 is 11.9 Å². The molecule has 0 aliphatic rings. The van der Waals surface area contributed by atoms with Gasteiger partial charge in [0.2, 0.25) is 0 Å². The summed E-state index contributed by atoms with van der Waals surface area (Å²) in [5, 5.41) is 14.6. The number of carbonyl (C=O) groups excluding carboxylic acids is 2. The lowest BCUT2D eigenvalue weighted by Crippen LogP contribution is -2.31. The maximum Gasteiger partial charge on any atom is 0.394 e. The van der Waals surface area contributed by atoms with Crippen molar-refractivity contribution in [3.05, 3.63) is 107 Å². The monoisotopic (exact) mass is 570 g/mol. The molecule has 0 saturated heterocycles. The highest BCUT2D eigenvalue weighted by atomic mass is 16.4. The quantitative estimate of drug-likeness (QED) is 0.110. The first kappa shape index (κ1) is 32.6. The maximum atomic E-state index is 13.2. The van der Waals surface area contributed by atoms with Gasteiger partial charge < -0.3 is 15.7 Å². The van der Waals surface area contributed by atoms with Gasteiger partial charge in [0.1, 0.15) is 0 Å². The lowest BCUT2D eigenvalue weighted by molar-refractivity contribution is -0.150. The Kier molecular flexibility index (Phi) is 14.3. The Morgan fingerprint density at radius 2 is 1.31 bits per heavy atom. The van der Waals surface area contributed by atoms with Crippen molar-refractivity contribution in [2.45, 2.75) is 90.0 Å². The Labute approximate surface area is 250 Å². The third-order valence-corrected chi connectivity index (χ3v) is 7.72. The number of benzene rings is 3. The molecule has 6 nitrogen and oxygen atoms in total. The second-order valence-corrected chi connectivity index (χ2v) is 11.0. The van der Waals surface area contributed by atoms with Crippen LogP contribution in [-0.2, 0) is 22.6 Å². The van der Waals surface area contributed by atoms with E-state index in [-0.39, 0.29) is 18.4 Å². The zero-order valence-corrected chi connectivity index (χ0v) is 24.9. The van der Waals surface area contributed by atoms with Gasteiger partial charge in [0.05, 0.1) is 0 Å². The molecule has 3 aromatic carbocycles. The number of nitrogens with one attached hydrogen (secondary N) is 2. The first-order valence-electron chi connectivity index (χ1n) is 15.5. The van der Waals surface area contributed by atoms with Gasteiger partial charge in [-0.1, -0.05) is 131 Å². The molecule has 1 unspecified atom stereocenters. The highest BCUT2D eigenvalue weighted by molar-refractivity contribution is 6.31. The first-order valence-corrected chi connectivity index (χ1v) is 15.5. The molecule has 0 bridgehead atoms. The Hall–Kier alpha value is -3.93. The summed E-state index contributed by atoms with van der Waals surface area (Å²) < 4.78 is 0. The summed E-state index contributed by atoms with van der Waals surface area (Å²) in [6.07, 6.45) is 13.1. The minimum Gasteiger partial charge on any atom is -0.474 e. The van der Waals surface area contributed by atoms with Gasteiger partial charge in [-0.05, 0) is 47.2 Å². The third kappa shape index (κ3) is 11.2. The van der Waals surface area contributed by atoms with Gasteiger partial charge in [-0.3, -0.25) is 9.59 Å². The van der Waals surface area contributed by atoms with E-state index >= 15 is 0 Å². The van der Waals surface area contributed by atoms with Crippen LogP contribution >= 0.6 is 0 Å². The van der Waals surface area contributed by atoms with E-state index in [0.717, 1.165) is 35.1 Å². The van der Waals surface area contributed by atoms with Gasteiger partial charge in [-0.15, -0.1) is 0 Å². The van der Waals surface area contributed by atoms with Gasteiger partial charge in [-0.2, -0.15) is 0 Å². The summed E-state index contributed by atoms with van der Waals surface area (Å²) in [5.41, 5.74) is 4.44. The lowest BCUT2D eigenvalue weighted by atomic mass is 9.82. The standard InChI is InChI=1S/C36H46N2O4/c1-2-3-4-5-6-7-8-9-10-17-24-37-34(39)30-22-23-31(27-38-35(40)36(41)42)33(26-30)32(29-20-15-12-16-21-29)25-28-18-13-11-14-19-28/h11-16,18-23,26,32H,2-10,17,24-25,27H2,1H3,(H,37,39)(H,38,40)(H,41,42). The fourth-order valence-corrected chi connectivity index (χ4v) is 5.33. The second kappa shape index (κ2) is 18.5. The van der Waals surface area contributed by atoms with Gasteiger partial charge in [0, 0.05) is 24.6 Å². The minimum atomic E-state index is -1.52. The van der Waals surface area contributed by atoms with E-state index in [1.807, 2.05) is 48.5 Å².